The van der Waals surface area contributed by atoms with Gasteiger partial charge in [-0.25, -0.2) is 0 Å². The van der Waals surface area contributed by atoms with Crippen LogP contribution in [0.5, 0.6) is 11.5 Å². The van der Waals surface area contributed by atoms with Crippen LogP contribution in [-0.4, -0.2) is 55.3 Å². The van der Waals surface area contributed by atoms with Gasteiger partial charge in [-0.2, -0.15) is 0 Å². The van der Waals surface area contributed by atoms with Crippen molar-refractivity contribution in [2.45, 2.75) is 20.8 Å². The average molecular weight is 507 g/mol. The Morgan fingerprint density at radius 3 is 2.45 bits per heavy atom. The van der Waals surface area contributed by atoms with Gasteiger partial charge in [-0.05, 0) is 62.2 Å². The molecule has 1 fully saturated rings. The van der Waals surface area contributed by atoms with Crippen LogP contribution in [0.2, 0.25) is 0 Å². The van der Waals surface area contributed by atoms with E-state index in [-0.39, 0.29) is 12.5 Å². The Kier molecular flexibility index (Phi) is 8.28. The van der Waals surface area contributed by atoms with Gasteiger partial charge in [-0.1, -0.05) is 28.1 Å². The maximum atomic E-state index is 12.5. The Bertz CT molecular complexity index is 938. The number of nitrogens with one attached hydrogen (secondary N) is 1. The maximum absolute atomic E-state index is 12.5. The Labute approximate surface area is 197 Å². The molecule has 0 radical (unpaired) electrons. The van der Waals surface area contributed by atoms with Crippen molar-refractivity contribution >= 4 is 44.7 Å². The van der Waals surface area contributed by atoms with Crippen LogP contribution < -0.4 is 14.8 Å². The van der Waals surface area contributed by atoms with E-state index in [9.17, 15) is 4.79 Å². The Hall–Kier alpha value is -2.16. The molecule has 6 nitrogen and oxygen atoms in total. The van der Waals surface area contributed by atoms with Gasteiger partial charge in [0, 0.05) is 28.8 Å². The lowest BCUT2D eigenvalue weighted by molar-refractivity contribution is -0.118. The third-order valence-corrected chi connectivity index (χ3v) is 5.86. The summed E-state index contributed by atoms with van der Waals surface area (Å²) in [5, 5.41) is 2.94. The Morgan fingerprint density at radius 2 is 1.81 bits per heavy atom. The highest BCUT2D eigenvalue weighted by molar-refractivity contribution is 9.10. The minimum absolute atomic E-state index is 0.123. The second-order valence-electron chi connectivity index (χ2n) is 7.25. The lowest BCUT2D eigenvalue weighted by atomic mass is 10.1. The van der Waals surface area contributed by atoms with Crippen molar-refractivity contribution in [2.24, 2.45) is 0 Å². The molecule has 0 saturated carbocycles. The number of rotatable bonds is 7. The van der Waals surface area contributed by atoms with Gasteiger partial charge in [0.2, 0.25) is 0 Å². The molecule has 3 rings (SSSR count). The Morgan fingerprint density at radius 1 is 1.13 bits per heavy atom. The van der Waals surface area contributed by atoms with E-state index >= 15 is 0 Å². The zero-order chi connectivity index (χ0) is 22.4. The number of aryl methyl sites for hydroxylation is 2. The normalized spacial score (nSPS) is 13.6. The number of halogens is 1. The zero-order valence-corrected chi connectivity index (χ0v) is 20.4. The van der Waals surface area contributed by atoms with E-state index in [0.717, 1.165) is 44.9 Å². The molecule has 0 unspecified atom stereocenters. The number of ether oxygens (including phenoxy) is 3. The summed E-state index contributed by atoms with van der Waals surface area (Å²) in [4.78, 5) is 15.4. The van der Waals surface area contributed by atoms with Gasteiger partial charge in [-0.15, -0.1) is 0 Å². The topological polar surface area (TPSA) is 60.0 Å². The van der Waals surface area contributed by atoms with Gasteiger partial charge in [0.05, 0.1) is 19.8 Å². The predicted molar refractivity (Wildman–Crippen MR) is 129 cm³/mol. The second kappa shape index (κ2) is 10.9. The molecule has 0 aromatic heterocycles. The fourth-order valence-corrected chi connectivity index (χ4v) is 4.40. The van der Waals surface area contributed by atoms with Gasteiger partial charge in [0.1, 0.15) is 4.99 Å². The van der Waals surface area contributed by atoms with Gasteiger partial charge in [0.25, 0.3) is 5.91 Å². The third-order valence-electron chi connectivity index (χ3n) is 4.91. The van der Waals surface area contributed by atoms with Crippen LogP contribution in [0.3, 0.4) is 0 Å². The summed E-state index contributed by atoms with van der Waals surface area (Å²) in [5.74, 6) is 0.845. The summed E-state index contributed by atoms with van der Waals surface area (Å²) in [6.07, 6.45) is 0. The highest BCUT2D eigenvalue weighted by Gasteiger charge is 2.18. The Balaban J connectivity index is 1.68. The zero-order valence-electron chi connectivity index (χ0n) is 18.0. The number of thiocarbonyl (C=S) groups is 1. The lowest BCUT2D eigenvalue weighted by Gasteiger charge is -2.29. The van der Waals surface area contributed by atoms with Gasteiger partial charge in [0.15, 0.2) is 18.1 Å². The summed E-state index contributed by atoms with van der Waals surface area (Å²) >= 11 is 9.12. The minimum atomic E-state index is -0.233. The van der Waals surface area contributed by atoms with E-state index in [1.807, 2.05) is 45.0 Å². The molecule has 2 aromatic rings. The number of hydrogen-bond acceptors (Lipinski definition) is 5. The van der Waals surface area contributed by atoms with Crippen LogP contribution in [-0.2, 0) is 9.53 Å². The van der Waals surface area contributed by atoms with E-state index in [4.69, 9.17) is 26.4 Å². The molecular formula is C23H27BrN2O4S. The molecule has 1 saturated heterocycles. The number of amides is 1. The summed E-state index contributed by atoms with van der Waals surface area (Å²) < 4.78 is 17.9. The summed E-state index contributed by atoms with van der Waals surface area (Å²) in [6.45, 7) is 9.07. The molecule has 1 aliphatic rings. The van der Waals surface area contributed by atoms with Crippen LogP contribution in [0.25, 0.3) is 0 Å². The van der Waals surface area contributed by atoms with Crippen molar-refractivity contribution in [3.8, 4) is 11.5 Å². The molecule has 1 N–H and O–H groups in total. The van der Waals surface area contributed by atoms with E-state index in [0.29, 0.717) is 31.3 Å². The van der Waals surface area contributed by atoms with E-state index in [2.05, 4.69) is 26.1 Å². The van der Waals surface area contributed by atoms with E-state index < -0.39 is 0 Å². The van der Waals surface area contributed by atoms with Crippen molar-refractivity contribution in [3.05, 3.63) is 51.5 Å². The number of hydrogen-bond donors (Lipinski definition) is 1. The number of morpholine rings is 1. The smallest absolute Gasteiger partial charge is 0.262 e. The molecule has 31 heavy (non-hydrogen) atoms. The number of benzene rings is 2. The van der Waals surface area contributed by atoms with Crippen LogP contribution in [0.4, 0.5) is 5.69 Å². The minimum Gasteiger partial charge on any atom is -0.490 e. The van der Waals surface area contributed by atoms with Crippen LogP contribution in [0, 0.1) is 13.8 Å². The van der Waals surface area contributed by atoms with Crippen LogP contribution in [0.1, 0.15) is 23.6 Å². The molecule has 8 heteroatoms. The fraction of sp³-hybridized carbons (Fsp3) is 0.391. The third kappa shape index (κ3) is 6.18. The molecule has 0 atom stereocenters. The fourth-order valence-electron chi connectivity index (χ4n) is 3.40. The van der Waals surface area contributed by atoms with Gasteiger partial charge < -0.3 is 24.4 Å². The summed E-state index contributed by atoms with van der Waals surface area (Å²) in [6, 6.07) is 9.50. The molecule has 166 valence electrons. The first-order valence-corrected chi connectivity index (χ1v) is 11.4. The number of carbonyl (C=O) groups excluding carboxylic acids is 1. The van der Waals surface area contributed by atoms with Gasteiger partial charge in [-0.3, -0.25) is 4.79 Å². The van der Waals surface area contributed by atoms with Crippen molar-refractivity contribution in [1.82, 2.24) is 4.90 Å². The predicted octanol–water partition coefficient (Wildman–Crippen LogP) is 4.49. The average Bonchev–Trinajstić information content (AvgIpc) is 2.75. The first-order chi connectivity index (χ1) is 14.9. The van der Waals surface area contributed by atoms with E-state index in [1.165, 1.54) is 0 Å². The highest BCUT2D eigenvalue weighted by atomic mass is 79.9. The van der Waals surface area contributed by atoms with Crippen molar-refractivity contribution in [1.29, 1.82) is 0 Å². The molecular weight excluding hydrogens is 480 g/mol. The second-order valence-corrected chi connectivity index (χ2v) is 8.55. The highest BCUT2D eigenvalue weighted by Crippen LogP contribution is 2.30. The number of carbonyl (C=O) groups is 1. The summed E-state index contributed by atoms with van der Waals surface area (Å²) in [5.41, 5.74) is 3.65. The van der Waals surface area contributed by atoms with Crippen molar-refractivity contribution in [2.75, 3.05) is 44.8 Å². The molecule has 0 spiro atoms. The monoisotopic (exact) mass is 506 g/mol. The molecule has 0 bridgehead atoms. The largest absolute Gasteiger partial charge is 0.490 e. The molecule has 1 aliphatic heterocycles. The number of nitrogens with zero attached hydrogens (tertiary/aromatic N) is 1. The van der Waals surface area contributed by atoms with Crippen molar-refractivity contribution in [3.63, 3.8) is 0 Å². The first-order valence-electron chi connectivity index (χ1n) is 10.2. The quantitative estimate of drug-likeness (QED) is 0.558. The maximum Gasteiger partial charge on any atom is 0.262 e. The summed E-state index contributed by atoms with van der Waals surface area (Å²) in [7, 11) is 0. The molecule has 1 amide bonds. The molecule has 2 aromatic carbocycles. The van der Waals surface area contributed by atoms with Crippen LogP contribution in [0.15, 0.2) is 34.8 Å². The standard InChI is InChI=1S/C23H27BrN2O4S/c1-4-29-20-13-17(23(31)26-7-9-28-10-8-26)5-6-19(20)30-14-21(27)25-22-15(2)11-18(24)12-16(22)3/h5-6,11-13H,4,7-10,14H2,1-3H3,(H,25,27). The first kappa shape index (κ1) is 23.5. The van der Waals surface area contributed by atoms with Crippen molar-refractivity contribution < 1.29 is 19.0 Å². The lowest BCUT2D eigenvalue weighted by Crippen LogP contribution is -2.40. The molecule has 0 aliphatic carbocycles. The molecule has 1 heterocycles. The van der Waals surface area contributed by atoms with Gasteiger partial charge >= 0.3 is 0 Å². The van der Waals surface area contributed by atoms with Crippen LogP contribution >= 0.6 is 28.1 Å². The SMILES string of the molecule is CCOc1cc(C(=S)N2CCOCC2)ccc1OCC(=O)Nc1c(C)cc(Br)cc1C. The number of anilines is 1. The van der Waals surface area contributed by atoms with E-state index in [1.54, 1.807) is 6.07 Å².